The van der Waals surface area contributed by atoms with Gasteiger partial charge in [0, 0.05) is 23.3 Å². The van der Waals surface area contributed by atoms with Crippen LogP contribution in [0.5, 0.6) is 5.75 Å². The lowest BCUT2D eigenvalue weighted by Gasteiger charge is -2.03. The molecule has 0 aliphatic heterocycles. The minimum absolute atomic E-state index is 0.0445. The maximum absolute atomic E-state index is 12.3. The van der Waals surface area contributed by atoms with Gasteiger partial charge in [-0.1, -0.05) is 12.1 Å². The van der Waals surface area contributed by atoms with Gasteiger partial charge in [0.2, 0.25) is 0 Å². The van der Waals surface area contributed by atoms with Crippen LogP contribution in [0.25, 0.3) is 11.3 Å². The van der Waals surface area contributed by atoms with Gasteiger partial charge in [0.15, 0.2) is 0 Å². The second-order valence-corrected chi connectivity index (χ2v) is 6.07. The Hall–Kier alpha value is -4.01. The van der Waals surface area contributed by atoms with E-state index in [1.165, 1.54) is 12.1 Å². The zero-order valence-corrected chi connectivity index (χ0v) is 15.9. The largest absolute Gasteiger partial charge is 0.494 e. The molecule has 0 radical (unpaired) electrons. The number of aromatic amines is 1. The molecule has 0 unspecified atom stereocenters. The van der Waals surface area contributed by atoms with E-state index in [9.17, 15) is 14.9 Å². The molecule has 9 nitrogen and oxygen atoms in total. The van der Waals surface area contributed by atoms with Crippen molar-refractivity contribution in [2.45, 2.75) is 13.8 Å². The number of carbonyl (C=O) groups is 1. The van der Waals surface area contributed by atoms with E-state index in [4.69, 9.17) is 4.74 Å². The first-order valence-electron chi connectivity index (χ1n) is 8.86. The summed E-state index contributed by atoms with van der Waals surface area (Å²) in [7, 11) is 0. The van der Waals surface area contributed by atoms with Gasteiger partial charge in [-0.2, -0.15) is 10.2 Å². The quantitative estimate of drug-likeness (QED) is 0.361. The molecular weight excluding hydrogens is 374 g/mol. The predicted molar refractivity (Wildman–Crippen MR) is 108 cm³/mol. The van der Waals surface area contributed by atoms with Crippen molar-refractivity contribution < 1.29 is 14.5 Å². The SMILES string of the molecule is CCOc1ccc(-c2cc(C(=O)NN=C(C)c3cccc([N+](=O)[O-])c3)[nH]n2)cc1. The summed E-state index contributed by atoms with van der Waals surface area (Å²) in [5, 5.41) is 21.7. The van der Waals surface area contributed by atoms with Gasteiger partial charge in [0.05, 0.1) is 22.9 Å². The number of carbonyl (C=O) groups excluding carboxylic acids is 1. The molecule has 0 spiro atoms. The monoisotopic (exact) mass is 393 g/mol. The number of benzene rings is 2. The Bertz CT molecular complexity index is 1060. The minimum atomic E-state index is -0.484. The summed E-state index contributed by atoms with van der Waals surface area (Å²) in [5.74, 6) is 0.287. The van der Waals surface area contributed by atoms with Gasteiger partial charge in [0.1, 0.15) is 11.4 Å². The highest BCUT2D eigenvalue weighted by molar-refractivity contribution is 6.01. The molecule has 0 aliphatic carbocycles. The van der Waals surface area contributed by atoms with E-state index in [2.05, 4.69) is 20.7 Å². The smallest absolute Gasteiger partial charge is 0.289 e. The van der Waals surface area contributed by atoms with Crippen molar-refractivity contribution in [3.05, 3.63) is 76.0 Å². The normalized spacial score (nSPS) is 11.2. The first-order chi connectivity index (χ1) is 14.0. The second kappa shape index (κ2) is 8.79. The van der Waals surface area contributed by atoms with Crippen LogP contribution in [0.15, 0.2) is 59.7 Å². The maximum atomic E-state index is 12.3. The summed E-state index contributed by atoms with van der Waals surface area (Å²) < 4.78 is 5.41. The van der Waals surface area contributed by atoms with Gasteiger partial charge >= 0.3 is 0 Å². The van der Waals surface area contributed by atoms with Crippen LogP contribution in [0, 0.1) is 10.1 Å². The number of amides is 1. The Morgan fingerprint density at radius 1 is 1.24 bits per heavy atom. The third-order valence-electron chi connectivity index (χ3n) is 4.08. The number of nitrogens with one attached hydrogen (secondary N) is 2. The predicted octanol–water partition coefficient (Wildman–Crippen LogP) is 3.54. The molecule has 29 heavy (non-hydrogen) atoms. The number of nitro groups is 1. The number of hydrazone groups is 1. The topological polar surface area (TPSA) is 123 Å². The molecule has 1 heterocycles. The Morgan fingerprint density at radius 2 is 2.00 bits per heavy atom. The third kappa shape index (κ3) is 4.83. The fourth-order valence-electron chi connectivity index (χ4n) is 2.58. The third-order valence-corrected chi connectivity index (χ3v) is 4.08. The first kappa shape index (κ1) is 19.7. The number of nitro benzene ring substituents is 1. The summed E-state index contributed by atoms with van der Waals surface area (Å²) >= 11 is 0. The molecule has 9 heteroatoms. The van der Waals surface area contributed by atoms with Crippen molar-refractivity contribution in [2.24, 2.45) is 5.10 Å². The van der Waals surface area contributed by atoms with E-state index in [1.54, 1.807) is 25.1 Å². The van der Waals surface area contributed by atoms with Crippen LogP contribution in [0.4, 0.5) is 5.69 Å². The van der Waals surface area contributed by atoms with E-state index >= 15 is 0 Å². The molecule has 3 aromatic rings. The van der Waals surface area contributed by atoms with Gasteiger partial charge in [-0.15, -0.1) is 0 Å². The molecule has 2 aromatic carbocycles. The number of rotatable bonds is 7. The van der Waals surface area contributed by atoms with E-state index < -0.39 is 10.8 Å². The number of H-pyrrole nitrogens is 1. The number of non-ortho nitro benzene ring substituents is 1. The van der Waals surface area contributed by atoms with Gasteiger partial charge in [-0.3, -0.25) is 20.0 Å². The fraction of sp³-hybridized carbons (Fsp3) is 0.150. The van der Waals surface area contributed by atoms with Gasteiger partial charge < -0.3 is 4.74 Å². The highest BCUT2D eigenvalue weighted by atomic mass is 16.6. The van der Waals surface area contributed by atoms with Crippen LogP contribution >= 0.6 is 0 Å². The number of hydrogen-bond acceptors (Lipinski definition) is 6. The molecular formula is C20H19N5O4. The van der Waals surface area contributed by atoms with Crippen molar-refractivity contribution in [2.75, 3.05) is 6.61 Å². The number of hydrogen-bond donors (Lipinski definition) is 2. The van der Waals surface area contributed by atoms with E-state index in [0.29, 0.717) is 23.6 Å². The van der Waals surface area contributed by atoms with Crippen molar-refractivity contribution in [3.8, 4) is 17.0 Å². The maximum Gasteiger partial charge on any atom is 0.289 e. The van der Waals surface area contributed by atoms with Crippen molar-refractivity contribution in [3.63, 3.8) is 0 Å². The zero-order chi connectivity index (χ0) is 20.8. The van der Waals surface area contributed by atoms with Crippen molar-refractivity contribution in [1.29, 1.82) is 0 Å². The molecule has 0 aliphatic rings. The highest BCUT2D eigenvalue weighted by Crippen LogP contribution is 2.21. The van der Waals surface area contributed by atoms with Crippen LogP contribution in [0.3, 0.4) is 0 Å². The molecule has 3 rings (SSSR count). The summed E-state index contributed by atoms with van der Waals surface area (Å²) in [5.41, 5.74) is 5.04. The lowest BCUT2D eigenvalue weighted by molar-refractivity contribution is -0.384. The molecule has 148 valence electrons. The zero-order valence-electron chi connectivity index (χ0n) is 15.9. The summed E-state index contributed by atoms with van der Waals surface area (Å²) in [6.45, 7) is 4.15. The second-order valence-electron chi connectivity index (χ2n) is 6.07. The molecule has 0 saturated carbocycles. The fourth-order valence-corrected chi connectivity index (χ4v) is 2.58. The molecule has 1 amide bonds. The number of nitrogens with zero attached hydrogens (tertiary/aromatic N) is 3. The summed E-state index contributed by atoms with van der Waals surface area (Å²) in [6.07, 6.45) is 0. The standard InChI is InChI=1S/C20H19N5O4/c1-3-29-17-9-7-14(8-10-17)18-12-19(23-22-18)20(26)24-21-13(2)15-5-4-6-16(11-15)25(27)28/h4-12H,3H2,1-2H3,(H,22,23)(H,24,26). The lowest BCUT2D eigenvalue weighted by atomic mass is 10.1. The minimum Gasteiger partial charge on any atom is -0.494 e. The van der Waals surface area contributed by atoms with E-state index in [-0.39, 0.29) is 11.4 Å². The van der Waals surface area contributed by atoms with E-state index in [0.717, 1.165) is 11.3 Å². The van der Waals surface area contributed by atoms with Crippen LogP contribution < -0.4 is 10.2 Å². The van der Waals surface area contributed by atoms with Gasteiger partial charge in [-0.05, 0) is 44.2 Å². The number of ether oxygens (including phenoxy) is 1. The number of aromatic nitrogens is 2. The first-order valence-corrected chi connectivity index (χ1v) is 8.86. The average Bonchev–Trinajstić information content (AvgIpc) is 3.23. The lowest BCUT2D eigenvalue weighted by Crippen LogP contribution is -2.19. The Kier molecular flexibility index (Phi) is 5.98. The van der Waals surface area contributed by atoms with Crippen molar-refractivity contribution in [1.82, 2.24) is 15.6 Å². The molecule has 0 fully saturated rings. The summed E-state index contributed by atoms with van der Waals surface area (Å²) in [4.78, 5) is 22.7. The van der Waals surface area contributed by atoms with Crippen LogP contribution in [0.1, 0.15) is 29.9 Å². The molecule has 2 N–H and O–H groups in total. The Morgan fingerprint density at radius 3 is 2.69 bits per heavy atom. The molecule has 0 atom stereocenters. The van der Waals surface area contributed by atoms with E-state index in [1.807, 2.05) is 31.2 Å². The van der Waals surface area contributed by atoms with Gasteiger partial charge in [0.25, 0.3) is 11.6 Å². The van der Waals surface area contributed by atoms with Crippen LogP contribution in [-0.4, -0.2) is 33.3 Å². The average molecular weight is 393 g/mol. The Balaban J connectivity index is 1.69. The molecule has 1 aromatic heterocycles. The Labute approximate surface area is 166 Å². The van der Waals surface area contributed by atoms with Crippen LogP contribution in [0.2, 0.25) is 0 Å². The van der Waals surface area contributed by atoms with Crippen LogP contribution in [-0.2, 0) is 0 Å². The summed E-state index contributed by atoms with van der Waals surface area (Å²) in [6, 6.07) is 15.0. The highest BCUT2D eigenvalue weighted by Gasteiger charge is 2.12. The molecule has 0 saturated heterocycles. The van der Waals surface area contributed by atoms with Gasteiger partial charge in [-0.25, -0.2) is 5.43 Å². The molecule has 0 bridgehead atoms. The van der Waals surface area contributed by atoms with Crippen molar-refractivity contribution >= 4 is 17.3 Å².